The molecule has 1 atom stereocenters. The summed E-state index contributed by atoms with van der Waals surface area (Å²) >= 11 is 0. The van der Waals surface area contributed by atoms with Gasteiger partial charge in [-0.1, -0.05) is 54.6 Å². The normalized spacial score (nSPS) is 14.0. The molecule has 3 aromatic rings. The number of para-hydroxylation sites is 2. The van der Waals surface area contributed by atoms with E-state index in [4.69, 9.17) is 9.47 Å². The molecule has 4 heteroatoms. The summed E-state index contributed by atoms with van der Waals surface area (Å²) in [4.78, 5) is 6.51. The molecule has 4 rings (SSSR count). The van der Waals surface area contributed by atoms with Crippen LogP contribution in [0, 0.1) is 0 Å². The van der Waals surface area contributed by atoms with Gasteiger partial charge >= 0.3 is 0 Å². The van der Waals surface area contributed by atoms with Gasteiger partial charge in [0.25, 0.3) is 0 Å². The number of aliphatic imine (C=N–C) groups is 1. The van der Waals surface area contributed by atoms with Crippen molar-refractivity contribution in [2.75, 3.05) is 19.6 Å². The predicted molar refractivity (Wildman–Crippen MR) is 117 cm³/mol. The molecule has 1 heterocycles. The molecule has 0 aliphatic carbocycles. The van der Waals surface area contributed by atoms with Crippen LogP contribution in [-0.4, -0.2) is 30.9 Å². The van der Waals surface area contributed by atoms with Crippen LogP contribution in [0.4, 0.5) is 0 Å². The van der Waals surface area contributed by atoms with Crippen LogP contribution in [0.25, 0.3) is 0 Å². The lowest BCUT2D eigenvalue weighted by Crippen LogP contribution is -2.22. The second kappa shape index (κ2) is 9.28. The van der Waals surface area contributed by atoms with Gasteiger partial charge in [0, 0.05) is 13.1 Å². The van der Waals surface area contributed by atoms with E-state index >= 15 is 0 Å². The molecule has 1 unspecified atom stereocenters. The van der Waals surface area contributed by atoms with Crippen molar-refractivity contribution in [3.8, 4) is 17.2 Å². The molecule has 148 valence electrons. The molecule has 0 aromatic heterocycles. The molecule has 0 amide bonds. The van der Waals surface area contributed by atoms with Crippen molar-refractivity contribution in [2.24, 2.45) is 4.99 Å². The Morgan fingerprint density at radius 3 is 2.34 bits per heavy atom. The van der Waals surface area contributed by atoms with Crippen LogP contribution < -0.4 is 9.47 Å². The van der Waals surface area contributed by atoms with Crippen LogP contribution in [-0.2, 0) is 6.42 Å². The van der Waals surface area contributed by atoms with Gasteiger partial charge in [0.05, 0.1) is 12.9 Å². The maximum absolute atomic E-state index is 6.18. The first-order valence-corrected chi connectivity index (χ1v) is 10.1. The number of hydrogen-bond acceptors (Lipinski definition) is 4. The summed E-state index contributed by atoms with van der Waals surface area (Å²) in [5, 5.41) is 0. The summed E-state index contributed by atoms with van der Waals surface area (Å²) in [6, 6.07) is 26.3. The van der Waals surface area contributed by atoms with Gasteiger partial charge in [-0.25, -0.2) is 0 Å². The molecule has 0 N–H and O–H groups in total. The molecule has 0 saturated heterocycles. The van der Waals surface area contributed by atoms with Crippen LogP contribution in [0.2, 0.25) is 0 Å². The largest absolute Gasteiger partial charge is 0.482 e. The zero-order valence-electron chi connectivity index (χ0n) is 16.7. The molecule has 4 nitrogen and oxygen atoms in total. The molecule has 0 saturated carbocycles. The second-order valence-corrected chi connectivity index (χ2v) is 7.17. The van der Waals surface area contributed by atoms with E-state index in [9.17, 15) is 0 Å². The van der Waals surface area contributed by atoms with Gasteiger partial charge in [-0.3, -0.25) is 4.99 Å². The Balaban J connectivity index is 1.39. The second-order valence-electron chi connectivity index (χ2n) is 7.17. The van der Waals surface area contributed by atoms with E-state index in [2.05, 4.69) is 34.2 Å². The lowest BCUT2D eigenvalue weighted by atomic mass is 10.1. The van der Waals surface area contributed by atoms with Gasteiger partial charge in [-0.15, -0.1) is 0 Å². The van der Waals surface area contributed by atoms with Crippen molar-refractivity contribution < 1.29 is 9.47 Å². The highest BCUT2D eigenvalue weighted by Gasteiger charge is 2.12. The van der Waals surface area contributed by atoms with Crippen molar-refractivity contribution >= 4 is 6.34 Å². The minimum atomic E-state index is -0.0579. The first-order chi connectivity index (χ1) is 14.3. The summed E-state index contributed by atoms with van der Waals surface area (Å²) < 4.78 is 12.3. The van der Waals surface area contributed by atoms with Crippen LogP contribution in [0.3, 0.4) is 0 Å². The van der Waals surface area contributed by atoms with Crippen molar-refractivity contribution in [2.45, 2.75) is 19.4 Å². The standard InChI is InChI=1S/C25H26N2O2/c1-20(22-7-3-2-4-8-22)28-24-9-5-6-10-25(24)29-23-13-11-21(12-14-23)15-17-27-18-16-26-19-27/h2-14,19-20H,15-18H2,1H3. The smallest absolute Gasteiger partial charge is 0.169 e. The number of hydrogen-bond donors (Lipinski definition) is 0. The van der Waals surface area contributed by atoms with Crippen molar-refractivity contribution in [1.82, 2.24) is 4.90 Å². The molecule has 29 heavy (non-hydrogen) atoms. The SMILES string of the molecule is CC(Oc1ccccc1Oc1ccc(CCN2C=NCC2)cc1)c1ccccc1. The Labute approximate surface area is 172 Å². The third-order valence-corrected chi connectivity index (χ3v) is 5.02. The molecule has 0 fully saturated rings. The Hall–Kier alpha value is -3.27. The fourth-order valence-corrected chi connectivity index (χ4v) is 3.32. The maximum atomic E-state index is 6.18. The first kappa shape index (κ1) is 19.1. The maximum Gasteiger partial charge on any atom is 0.169 e. The van der Waals surface area contributed by atoms with Gasteiger partial charge in [0.15, 0.2) is 11.5 Å². The third-order valence-electron chi connectivity index (χ3n) is 5.02. The van der Waals surface area contributed by atoms with Crippen molar-refractivity contribution in [3.05, 3.63) is 90.0 Å². The fraction of sp³-hybridized carbons (Fsp3) is 0.240. The first-order valence-electron chi connectivity index (χ1n) is 10.1. The minimum Gasteiger partial charge on any atom is -0.482 e. The van der Waals surface area contributed by atoms with Crippen LogP contribution in [0.15, 0.2) is 83.9 Å². The van der Waals surface area contributed by atoms with E-state index in [1.54, 1.807) is 0 Å². The van der Waals surface area contributed by atoms with Gasteiger partial charge < -0.3 is 14.4 Å². The highest BCUT2D eigenvalue weighted by atomic mass is 16.5. The Kier molecular flexibility index (Phi) is 6.10. The topological polar surface area (TPSA) is 34.1 Å². The highest BCUT2D eigenvalue weighted by molar-refractivity contribution is 5.57. The number of nitrogens with zero attached hydrogens (tertiary/aromatic N) is 2. The third kappa shape index (κ3) is 5.17. The number of benzene rings is 3. The van der Waals surface area contributed by atoms with E-state index in [-0.39, 0.29) is 6.10 Å². The number of rotatable bonds is 8. The van der Waals surface area contributed by atoms with Crippen LogP contribution in [0.1, 0.15) is 24.2 Å². The minimum absolute atomic E-state index is 0.0579. The van der Waals surface area contributed by atoms with Gasteiger partial charge in [0.2, 0.25) is 0 Å². The van der Waals surface area contributed by atoms with Gasteiger partial charge in [0.1, 0.15) is 11.9 Å². The average Bonchev–Trinajstić information content (AvgIpc) is 3.29. The van der Waals surface area contributed by atoms with Crippen LogP contribution >= 0.6 is 0 Å². The zero-order chi connectivity index (χ0) is 19.9. The summed E-state index contributed by atoms with van der Waals surface area (Å²) in [6.45, 7) is 4.99. The van der Waals surface area contributed by atoms with Crippen LogP contribution in [0.5, 0.6) is 17.2 Å². The number of ether oxygens (including phenoxy) is 2. The van der Waals surface area contributed by atoms with Crippen molar-refractivity contribution in [3.63, 3.8) is 0 Å². The predicted octanol–water partition coefficient (Wildman–Crippen LogP) is 5.51. The summed E-state index contributed by atoms with van der Waals surface area (Å²) in [7, 11) is 0. The van der Waals surface area contributed by atoms with Gasteiger partial charge in [-0.05, 0) is 48.7 Å². The molecule has 0 spiro atoms. The molecular weight excluding hydrogens is 360 g/mol. The van der Waals surface area contributed by atoms with Gasteiger partial charge in [-0.2, -0.15) is 0 Å². The molecule has 0 radical (unpaired) electrons. The monoisotopic (exact) mass is 386 g/mol. The van der Waals surface area contributed by atoms with E-state index in [1.165, 1.54) is 5.56 Å². The molecule has 1 aliphatic heterocycles. The quantitative estimate of drug-likeness (QED) is 0.512. The molecule has 3 aromatic carbocycles. The molecule has 1 aliphatic rings. The summed E-state index contributed by atoms with van der Waals surface area (Å²) in [6.07, 6.45) is 2.89. The van der Waals surface area contributed by atoms with E-state index in [0.29, 0.717) is 0 Å². The molecule has 0 bridgehead atoms. The fourth-order valence-electron chi connectivity index (χ4n) is 3.32. The Bertz CT molecular complexity index is 939. The zero-order valence-corrected chi connectivity index (χ0v) is 16.7. The summed E-state index contributed by atoms with van der Waals surface area (Å²) in [5.74, 6) is 2.26. The van der Waals surface area contributed by atoms with E-state index < -0.39 is 0 Å². The Morgan fingerprint density at radius 1 is 0.897 bits per heavy atom. The lowest BCUT2D eigenvalue weighted by molar-refractivity contribution is 0.219. The van der Waals surface area contributed by atoms with Crippen molar-refractivity contribution in [1.29, 1.82) is 0 Å². The Morgan fingerprint density at radius 2 is 1.62 bits per heavy atom. The lowest BCUT2D eigenvalue weighted by Gasteiger charge is -2.18. The van der Waals surface area contributed by atoms with E-state index in [1.807, 2.05) is 67.9 Å². The molecular formula is C25H26N2O2. The highest BCUT2D eigenvalue weighted by Crippen LogP contribution is 2.34. The summed E-state index contributed by atoms with van der Waals surface area (Å²) in [5.41, 5.74) is 2.43. The average molecular weight is 386 g/mol. The van der Waals surface area contributed by atoms with E-state index in [0.717, 1.165) is 48.9 Å².